The molecule has 7 aliphatic rings. The first kappa shape index (κ1) is 59.6. The summed E-state index contributed by atoms with van der Waals surface area (Å²) in [7, 11) is 4.26. The normalized spacial score (nSPS) is 22.2. The standard InChI is InChI=1S/C66H78N14O9/c1-66(2,3)89-63(86)57(32-56(59(67)82)79-38-46-31-48(9-11-52(46)61(79)84)88-50-17-19-75(40-50)36-42-7-13-54-44(29-42)34-69-65(71-54)77-26-22-73(5)23-27-77)80-58(81)15-14-55(62(80)85)78-37-45-30-47(8-10-51(45)60(78)83)87-49-16-18-74(39-49)35-41-6-12-53-43(28-41)33-68-64(70-53)76-24-20-72(4)21-25-76/h6-13,28-31,33-34,49-50,55-57H,14-27,32,35-40H2,1-5H3,(H2,67,82)/t49-,50-,55-,56-,57-/m0/s1. The maximum atomic E-state index is 14.9. The number of piperidine rings is 1. The van der Waals surface area contributed by atoms with E-state index in [4.69, 9.17) is 39.9 Å². The third-order valence-corrected chi connectivity index (χ3v) is 18.5. The van der Waals surface area contributed by atoms with E-state index in [2.05, 4.69) is 79.9 Å². The molecule has 5 amide bonds. The summed E-state index contributed by atoms with van der Waals surface area (Å²) in [4.78, 5) is 122. The molecule has 13 rings (SSSR count). The van der Waals surface area contributed by atoms with E-state index < -0.39 is 65.7 Å². The fraction of sp³-hybridized carbons (Fsp3) is 0.485. The fourth-order valence-electron chi connectivity index (χ4n) is 13.6. The number of anilines is 2. The van der Waals surface area contributed by atoms with E-state index in [1.807, 2.05) is 18.5 Å². The third kappa shape index (κ3) is 12.8. The minimum absolute atomic E-state index is 0.0131. The molecule has 0 aliphatic carbocycles. The van der Waals surface area contributed by atoms with Gasteiger partial charge in [-0.2, -0.15) is 0 Å². The maximum Gasteiger partial charge on any atom is 0.329 e. The minimum atomic E-state index is -1.67. The number of rotatable bonds is 17. The van der Waals surface area contributed by atoms with Crippen LogP contribution in [0.2, 0.25) is 0 Å². The molecule has 466 valence electrons. The lowest BCUT2D eigenvalue weighted by Crippen LogP contribution is -2.61. The average Bonchev–Trinajstić information content (AvgIpc) is 2.21. The van der Waals surface area contributed by atoms with Gasteiger partial charge in [0, 0.05) is 152 Å². The van der Waals surface area contributed by atoms with E-state index in [-0.39, 0.29) is 38.1 Å². The maximum absolute atomic E-state index is 14.9. The van der Waals surface area contributed by atoms with Crippen LogP contribution in [0.4, 0.5) is 11.9 Å². The zero-order valence-corrected chi connectivity index (χ0v) is 51.4. The number of esters is 1. The second-order valence-electron chi connectivity index (χ2n) is 26.1. The van der Waals surface area contributed by atoms with Crippen LogP contribution in [-0.4, -0.2) is 218 Å². The van der Waals surface area contributed by atoms with Crippen molar-refractivity contribution >= 4 is 69.2 Å². The van der Waals surface area contributed by atoms with Crippen molar-refractivity contribution in [1.82, 2.24) is 54.2 Å². The number of imide groups is 1. The average molecular weight is 1210 g/mol. The Kier molecular flexibility index (Phi) is 16.4. The van der Waals surface area contributed by atoms with Crippen molar-refractivity contribution in [3.8, 4) is 11.5 Å². The summed E-state index contributed by atoms with van der Waals surface area (Å²) in [6.07, 6.45) is 4.51. The van der Waals surface area contributed by atoms with Crippen molar-refractivity contribution in [2.75, 3.05) is 102 Å². The van der Waals surface area contributed by atoms with Gasteiger partial charge < -0.3 is 49.3 Å². The molecular weight excluding hydrogens is 1130 g/mol. The number of nitrogens with zero attached hydrogens (tertiary/aromatic N) is 13. The highest BCUT2D eigenvalue weighted by Crippen LogP contribution is 2.36. The molecule has 2 N–H and O–H groups in total. The number of hydrogen-bond donors (Lipinski definition) is 1. The van der Waals surface area contributed by atoms with E-state index in [9.17, 15) is 28.8 Å². The van der Waals surface area contributed by atoms with Gasteiger partial charge in [0.2, 0.25) is 23.7 Å². The number of hydrogen-bond acceptors (Lipinski definition) is 19. The highest BCUT2D eigenvalue weighted by Gasteiger charge is 2.50. The van der Waals surface area contributed by atoms with Gasteiger partial charge in [-0.25, -0.2) is 24.7 Å². The number of nitrogens with two attached hydrogens (primary N) is 1. The first-order valence-electron chi connectivity index (χ1n) is 31.3. The van der Waals surface area contributed by atoms with Crippen molar-refractivity contribution in [2.24, 2.45) is 5.73 Å². The van der Waals surface area contributed by atoms with Crippen LogP contribution in [0.5, 0.6) is 11.5 Å². The first-order valence-corrected chi connectivity index (χ1v) is 31.3. The van der Waals surface area contributed by atoms with Crippen LogP contribution in [0.1, 0.15) is 95.8 Å². The Hall–Kier alpha value is -8.38. The molecule has 6 aromatic rings. The Balaban J connectivity index is 0.632. The smallest absolute Gasteiger partial charge is 0.329 e. The van der Waals surface area contributed by atoms with Gasteiger partial charge in [-0.3, -0.25) is 38.7 Å². The van der Waals surface area contributed by atoms with E-state index in [1.165, 1.54) is 9.80 Å². The second-order valence-corrected chi connectivity index (χ2v) is 26.1. The lowest BCUT2D eigenvalue weighted by Gasteiger charge is -2.40. The number of benzene rings is 4. The van der Waals surface area contributed by atoms with Gasteiger partial charge in [-0.05, 0) is 137 Å². The number of amides is 5. The summed E-state index contributed by atoms with van der Waals surface area (Å²) < 4.78 is 18.9. The van der Waals surface area contributed by atoms with E-state index in [1.54, 1.807) is 51.1 Å². The number of primary amides is 1. The summed E-state index contributed by atoms with van der Waals surface area (Å²) in [6.45, 7) is 17.0. The first-order chi connectivity index (χ1) is 42.8. The number of carbonyl (C=O) groups is 6. The zero-order valence-electron chi connectivity index (χ0n) is 51.4. The number of likely N-dealkylation sites (tertiary alicyclic amines) is 3. The predicted octanol–water partition coefficient (Wildman–Crippen LogP) is 4.47. The van der Waals surface area contributed by atoms with Gasteiger partial charge in [0.05, 0.1) is 11.0 Å². The molecule has 5 saturated heterocycles. The fourth-order valence-corrected chi connectivity index (χ4v) is 13.6. The van der Waals surface area contributed by atoms with E-state index >= 15 is 0 Å². The highest BCUT2D eigenvalue weighted by molar-refractivity contribution is 6.08. The molecule has 0 bridgehead atoms. The van der Waals surface area contributed by atoms with Gasteiger partial charge in [0.15, 0.2) is 0 Å². The SMILES string of the molecule is CN1CCN(c2ncc3cc(CN4CC[C@H](Oc5ccc6c(c5)CN([C@@H](C[C@@H](C(=O)OC(C)(C)C)N5C(=O)CC[C@H](N7Cc8cc(O[C@H]9CCN(Cc%10ccc%11nc(N%12CCN(C)CC%12)ncc%11c%10)C9)ccc8C7=O)C5=O)C(N)=O)C6=O)C4)ccc3n2)CC1. The Morgan fingerprint density at radius 3 is 1.65 bits per heavy atom. The zero-order chi connectivity index (χ0) is 61.8. The quantitative estimate of drug-likeness (QED) is 0.0980. The van der Waals surface area contributed by atoms with Crippen LogP contribution in [-0.2, 0) is 50.1 Å². The Bertz CT molecular complexity index is 3750. The Morgan fingerprint density at radius 1 is 0.618 bits per heavy atom. The van der Waals surface area contributed by atoms with Crippen molar-refractivity contribution in [3.05, 3.63) is 119 Å². The summed E-state index contributed by atoms with van der Waals surface area (Å²) >= 11 is 0. The molecule has 4 aromatic carbocycles. The molecule has 5 fully saturated rings. The molecule has 23 heteroatoms. The van der Waals surface area contributed by atoms with Crippen LogP contribution < -0.4 is 25.0 Å². The van der Waals surface area contributed by atoms with Crippen LogP contribution in [0.15, 0.2) is 85.2 Å². The van der Waals surface area contributed by atoms with Crippen molar-refractivity contribution in [3.63, 3.8) is 0 Å². The van der Waals surface area contributed by atoms with Crippen molar-refractivity contribution in [2.45, 2.75) is 115 Å². The molecule has 9 heterocycles. The number of ether oxygens (including phenoxy) is 3. The Labute approximate surface area is 517 Å². The molecule has 0 radical (unpaired) electrons. The number of piperazine rings is 2. The molecule has 0 saturated carbocycles. The molecule has 7 aliphatic heterocycles. The molecule has 0 unspecified atom stereocenters. The molecular formula is C66H78N14O9. The number of carbonyl (C=O) groups excluding carboxylic acids is 6. The second kappa shape index (κ2) is 24.5. The van der Waals surface area contributed by atoms with Crippen LogP contribution in [0.25, 0.3) is 21.8 Å². The molecule has 5 atom stereocenters. The number of likely N-dealkylation sites (N-methyl/N-ethyl adjacent to an activating group) is 2. The molecule has 23 nitrogen and oxygen atoms in total. The summed E-state index contributed by atoms with van der Waals surface area (Å²) in [5, 5.41) is 1.99. The monoisotopic (exact) mass is 1210 g/mol. The van der Waals surface area contributed by atoms with Gasteiger partial charge in [-0.1, -0.05) is 12.1 Å². The molecule has 89 heavy (non-hydrogen) atoms. The van der Waals surface area contributed by atoms with Crippen molar-refractivity contribution < 1.29 is 43.0 Å². The highest BCUT2D eigenvalue weighted by atomic mass is 16.6. The Morgan fingerprint density at radius 2 is 1.13 bits per heavy atom. The van der Waals surface area contributed by atoms with Gasteiger partial charge in [-0.15, -0.1) is 0 Å². The van der Waals surface area contributed by atoms with Crippen LogP contribution >= 0.6 is 0 Å². The van der Waals surface area contributed by atoms with Crippen molar-refractivity contribution in [1.29, 1.82) is 0 Å². The molecule has 0 spiro atoms. The number of fused-ring (bicyclic) bond motifs is 4. The van der Waals surface area contributed by atoms with Gasteiger partial charge in [0.1, 0.15) is 47.4 Å². The lowest BCUT2D eigenvalue weighted by molar-refractivity contribution is -0.173. The predicted molar refractivity (Wildman–Crippen MR) is 332 cm³/mol. The largest absolute Gasteiger partial charge is 0.489 e. The van der Waals surface area contributed by atoms with Crippen LogP contribution in [0.3, 0.4) is 0 Å². The lowest BCUT2D eigenvalue weighted by atomic mass is 9.96. The van der Waals surface area contributed by atoms with Gasteiger partial charge in [0.25, 0.3) is 17.7 Å². The topological polar surface area (TPSA) is 237 Å². The van der Waals surface area contributed by atoms with E-state index in [0.717, 1.165) is 141 Å². The minimum Gasteiger partial charge on any atom is -0.489 e. The summed E-state index contributed by atoms with van der Waals surface area (Å²) in [5.74, 6) is -1.56. The van der Waals surface area contributed by atoms with Crippen LogP contribution in [0, 0.1) is 0 Å². The summed E-state index contributed by atoms with van der Waals surface area (Å²) in [5.41, 5.74) is 11.2. The van der Waals surface area contributed by atoms with Gasteiger partial charge >= 0.3 is 5.97 Å². The third-order valence-electron chi connectivity index (χ3n) is 18.5. The van der Waals surface area contributed by atoms with E-state index in [0.29, 0.717) is 46.8 Å². The number of aromatic nitrogens is 4. The summed E-state index contributed by atoms with van der Waals surface area (Å²) in [6, 6.07) is 18.9. The molecule has 2 aromatic heterocycles.